The molecule has 1 aromatic heterocycles. The van der Waals surface area contributed by atoms with Gasteiger partial charge in [-0.25, -0.2) is 4.39 Å². The van der Waals surface area contributed by atoms with Crippen LogP contribution in [0.2, 0.25) is 0 Å². The summed E-state index contributed by atoms with van der Waals surface area (Å²) in [7, 11) is 0. The molecule has 34 heavy (non-hydrogen) atoms. The first kappa shape index (κ1) is 25.5. The van der Waals surface area contributed by atoms with Crippen LogP contribution in [-0.2, 0) is 30.6 Å². The number of amides is 1. The minimum atomic E-state index is -4.39. The molecule has 0 fully saturated rings. The van der Waals surface area contributed by atoms with Gasteiger partial charge in [0.15, 0.2) is 0 Å². The molecule has 0 spiro atoms. The van der Waals surface area contributed by atoms with Crippen LogP contribution in [0.25, 0.3) is 0 Å². The molecule has 1 heterocycles. The van der Waals surface area contributed by atoms with E-state index in [9.17, 15) is 22.4 Å². The highest BCUT2D eigenvalue weighted by atomic mass is 19.4. The standard InChI is InChI=1S/C26H28F4N2O2/c1-19(2)14-31(15-20-5-9-22(10-6-20)26(28,29)30)18-25(33)32(17-24-4-3-13-34-24)16-21-7-11-23(27)12-8-21/h3-13,19H,14-18H2,1-2H3. The molecule has 3 rings (SSSR count). The van der Waals surface area contributed by atoms with Gasteiger partial charge in [0.1, 0.15) is 11.6 Å². The van der Waals surface area contributed by atoms with Crippen LogP contribution in [-0.4, -0.2) is 28.8 Å². The first-order chi connectivity index (χ1) is 16.1. The average molecular weight is 477 g/mol. The van der Waals surface area contributed by atoms with Gasteiger partial charge in [0.2, 0.25) is 5.91 Å². The van der Waals surface area contributed by atoms with E-state index in [-0.39, 0.29) is 37.3 Å². The van der Waals surface area contributed by atoms with Crippen molar-refractivity contribution in [3.8, 4) is 0 Å². The highest BCUT2D eigenvalue weighted by Gasteiger charge is 2.30. The van der Waals surface area contributed by atoms with Crippen LogP contribution >= 0.6 is 0 Å². The van der Waals surface area contributed by atoms with Gasteiger partial charge in [0.25, 0.3) is 0 Å². The number of hydrogen-bond acceptors (Lipinski definition) is 3. The molecule has 0 N–H and O–H groups in total. The zero-order valence-electron chi connectivity index (χ0n) is 19.2. The molecule has 0 saturated heterocycles. The summed E-state index contributed by atoms with van der Waals surface area (Å²) in [5.74, 6) is 0.354. The smallest absolute Gasteiger partial charge is 0.416 e. The van der Waals surface area contributed by atoms with E-state index in [0.29, 0.717) is 24.4 Å². The second-order valence-electron chi connectivity index (χ2n) is 8.71. The fraction of sp³-hybridized carbons (Fsp3) is 0.346. The molecule has 2 aromatic carbocycles. The molecule has 0 atom stereocenters. The van der Waals surface area contributed by atoms with Crippen molar-refractivity contribution in [3.05, 3.63) is 95.2 Å². The van der Waals surface area contributed by atoms with Crippen molar-refractivity contribution in [2.75, 3.05) is 13.1 Å². The summed E-state index contributed by atoms with van der Waals surface area (Å²) in [6.45, 7) is 5.58. The topological polar surface area (TPSA) is 36.7 Å². The Kier molecular flexibility index (Phi) is 8.50. The Morgan fingerprint density at radius 3 is 2.09 bits per heavy atom. The molecular weight excluding hydrogens is 448 g/mol. The summed E-state index contributed by atoms with van der Waals surface area (Å²) in [6.07, 6.45) is -2.86. The minimum Gasteiger partial charge on any atom is -0.467 e. The largest absolute Gasteiger partial charge is 0.467 e. The number of hydrogen-bond donors (Lipinski definition) is 0. The normalized spacial score (nSPS) is 11.9. The number of carbonyl (C=O) groups is 1. The van der Waals surface area contributed by atoms with Crippen LogP contribution < -0.4 is 0 Å². The molecule has 0 aliphatic rings. The molecule has 182 valence electrons. The van der Waals surface area contributed by atoms with Crippen molar-refractivity contribution in [1.29, 1.82) is 0 Å². The van der Waals surface area contributed by atoms with Gasteiger partial charge >= 0.3 is 6.18 Å². The third-order valence-electron chi connectivity index (χ3n) is 5.24. The van der Waals surface area contributed by atoms with Crippen LogP contribution in [0.3, 0.4) is 0 Å². The number of furan rings is 1. The number of carbonyl (C=O) groups excluding carboxylic acids is 1. The lowest BCUT2D eigenvalue weighted by atomic mass is 10.1. The molecular formula is C26H28F4N2O2. The summed E-state index contributed by atoms with van der Waals surface area (Å²) in [5.41, 5.74) is 0.767. The van der Waals surface area contributed by atoms with E-state index >= 15 is 0 Å². The Morgan fingerprint density at radius 1 is 0.912 bits per heavy atom. The summed E-state index contributed by atoms with van der Waals surface area (Å²) in [4.78, 5) is 16.9. The molecule has 0 unspecified atom stereocenters. The van der Waals surface area contributed by atoms with Crippen molar-refractivity contribution in [1.82, 2.24) is 9.80 Å². The second-order valence-corrected chi connectivity index (χ2v) is 8.71. The van der Waals surface area contributed by atoms with Crippen LogP contribution in [0.1, 0.15) is 36.3 Å². The summed E-state index contributed by atoms with van der Waals surface area (Å²) in [6, 6.07) is 14.5. The van der Waals surface area contributed by atoms with E-state index in [4.69, 9.17) is 4.42 Å². The molecule has 0 saturated carbocycles. The predicted octanol–water partition coefficient (Wildman–Crippen LogP) is 6.12. The van der Waals surface area contributed by atoms with Crippen molar-refractivity contribution < 1.29 is 26.8 Å². The highest BCUT2D eigenvalue weighted by Crippen LogP contribution is 2.29. The van der Waals surface area contributed by atoms with Crippen LogP contribution in [0.15, 0.2) is 71.3 Å². The quantitative estimate of drug-likeness (QED) is 0.331. The number of halogens is 4. The zero-order valence-corrected chi connectivity index (χ0v) is 19.2. The first-order valence-corrected chi connectivity index (χ1v) is 11.0. The maximum atomic E-state index is 13.3. The molecule has 8 heteroatoms. The molecule has 0 aliphatic carbocycles. The van der Waals surface area contributed by atoms with Gasteiger partial charge in [-0.05, 0) is 53.4 Å². The molecule has 0 aliphatic heterocycles. The van der Waals surface area contributed by atoms with Gasteiger partial charge in [-0.15, -0.1) is 0 Å². The number of benzene rings is 2. The molecule has 0 bridgehead atoms. The number of rotatable bonds is 10. The maximum Gasteiger partial charge on any atom is 0.416 e. The van der Waals surface area contributed by atoms with E-state index in [0.717, 1.165) is 17.7 Å². The maximum absolute atomic E-state index is 13.3. The number of nitrogens with zero attached hydrogens (tertiary/aromatic N) is 2. The zero-order chi connectivity index (χ0) is 24.7. The van der Waals surface area contributed by atoms with Gasteiger partial charge in [-0.3, -0.25) is 9.69 Å². The Morgan fingerprint density at radius 2 is 1.53 bits per heavy atom. The van der Waals surface area contributed by atoms with E-state index < -0.39 is 11.7 Å². The van der Waals surface area contributed by atoms with Crippen molar-refractivity contribution in [3.63, 3.8) is 0 Å². The van der Waals surface area contributed by atoms with E-state index in [1.807, 2.05) is 18.7 Å². The Labute approximate surface area is 196 Å². The van der Waals surface area contributed by atoms with Gasteiger partial charge in [0.05, 0.1) is 24.9 Å². The second kappa shape index (κ2) is 11.3. The lowest BCUT2D eigenvalue weighted by molar-refractivity contribution is -0.137. The summed E-state index contributed by atoms with van der Waals surface area (Å²) < 4.78 is 57.4. The molecule has 0 radical (unpaired) electrons. The monoisotopic (exact) mass is 476 g/mol. The van der Waals surface area contributed by atoms with E-state index in [1.165, 1.54) is 30.5 Å². The molecule has 1 amide bonds. The van der Waals surface area contributed by atoms with Crippen molar-refractivity contribution in [2.45, 2.75) is 39.7 Å². The van der Waals surface area contributed by atoms with Crippen LogP contribution in [0, 0.1) is 11.7 Å². The Balaban J connectivity index is 1.74. The van der Waals surface area contributed by atoms with Crippen LogP contribution in [0.4, 0.5) is 17.6 Å². The van der Waals surface area contributed by atoms with Crippen LogP contribution in [0.5, 0.6) is 0 Å². The van der Waals surface area contributed by atoms with E-state index in [2.05, 4.69) is 0 Å². The van der Waals surface area contributed by atoms with Gasteiger partial charge < -0.3 is 9.32 Å². The average Bonchev–Trinajstić information content (AvgIpc) is 3.27. The lowest BCUT2D eigenvalue weighted by Gasteiger charge is -2.28. The highest BCUT2D eigenvalue weighted by molar-refractivity contribution is 5.78. The van der Waals surface area contributed by atoms with E-state index in [1.54, 1.807) is 29.2 Å². The fourth-order valence-corrected chi connectivity index (χ4v) is 3.68. The first-order valence-electron chi connectivity index (χ1n) is 11.0. The van der Waals surface area contributed by atoms with Gasteiger partial charge in [-0.1, -0.05) is 38.1 Å². The number of alkyl halides is 3. The summed E-state index contributed by atoms with van der Waals surface area (Å²) in [5, 5.41) is 0. The Bertz CT molecular complexity index is 1030. The minimum absolute atomic E-state index is 0.0844. The Hall–Kier alpha value is -3.13. The molecule has 3 aromatic rings. The SMILES string of the molecule is CC(C)CN(CC(=O)N(Cc1ccc(F)cc1)Cc1ccco1)Cc1ccc(C(F)(F)F)cc1. The summed E-state index contributed by atoms with van der Waals surface area (Å²) >= 11 is 0. The molecule has 4 nitrogen and oxygen atoms in total. The van der Waals surface area contributed by atoms with Crippen molar-refractivity contribution >= 4 is 5.91 Å². The van der Waals surface area contributed by atoms with Gasteiger partial charge in [-0.2, -0.15) is 13.2 Å². The van der Waals surface area contributed by atoms with Gasteiger partial charge in [0, 0.05) is 19.6 Å². The predicted molar refractivity (Wildman–Crippen MR) is 121 cm³/mol. The fourth-order valence-electron chi connectivity index (χ4n) is 3.68. The van der Waals surface area contributed by atoms with Crippen molar-refractivity contribution in [2.24, 2.45) is 5.92 Å². The third kappa shape index (κ3) is 7.73. The lowest BCUT2D eigenvalue weighted by Crippen LogP contribution is -2.40. The third-order valence-corrected chi connectivity index (χ3v) is 5.24.